The zero-order valence-corrected chi connectivity index (χ0v) is 15.4. The van der Waals surface area contributed by atoms with Crippen molar-refractivity contribution in [2.24, 2.45) is 5.73 Å². The molecule has 6 nitrogen and oxygen atoms in total. The van der Waals surface area contributed by atoms with E-state index >= 15 is 0 Å². The second-order valence-electron chi connectivity index (χ2n) is 5.93. The SMILES string of the molecule is NC(=O)c1cnc(Nc2cccc(NS)c2)cc1NCc1cc(F)cc(F)c1. The Morgan fingerprint density at radius 1 is 1.07 bits per heavy atom. The molecule has 0 spiro atoms. The zero-order chi connectivity index (χ0) is 20.1. The van der Waals surface area contributed by atoms with Crippen LogP contribution in [0.4, 0.5) is 31.7 Å². The van der Waals surface area contributed by atoms with Gasteiger partial charge >= 0.3 is 0 Å². The summed E-state index contributed by atoms with van der Waals surface area (Å²) in [6, 6.07) is 12.1. The van der Waals surface area contributed by atoms with Gasteiger partial charge in [0.25, 0.3) is 5.91 Å². The predicted octanol–water partition coefficient (Wildman–Crippen LogP) is 4.07. The minimum atomic E-state index is -0.679. The summed E-state index contributed by atoms with van der Waals surface area (Å²) in [7, 11) is 0. The molecule has 9 heteroatoms. The van der Waals surface area contributed by atoms with Crippen LogP contribution in [0.1, 0.15) is 15.9 Å². The summed E-state index contributed by atoms with van der Waals surface area (Å²) in [5, 5.41) is 6.08. The molecule has 0 saturated heterocycles. The van der Waals surface area contributed by atoms with E-state index in [2.05, 4.69) is 33.2 Å². The highest BCUT2D eigenvalue weighted by atomic mass is 32.1. The summed E-state index contributed by atoms with van der Waals surface area (Å²) in [6.45, 7) is 0.0947. The maximum Gasteiger partial charge on any atom is 0.252 e. The van der Waals surface area contributed by atoms with Crippen molar-refractivity contribution >= 4 is 41.6 Å². The highest BCUT2D eigenvalue weighted by Gasteiger charge is 2.11. The van der Waals surface area contributed by atoms with E-state index < -0.39 is 17.5 Å². The van der Waals surface area contributed by atoms with Crippen molar-refractivity contribution in [3.63, 3.8) is 0 Å². The number of aromatic nitrogens is 1. The third-order valence-electron chi connectivity index (χ3n) is 3.84. The molecular formula is C19H17F2N5OS. The van der Waals surface area contributed by atoms with Crippen molar-refractivity contribution in [3.05, 3.63) is 77.5 Å². The Morgan fingerprint density at radius 3 is 2.46 bits per heavy atom. The van der Waals surface area contributed by atoms with Gasteiger partial charge in [0.2, 0.25) is 0 Å². The minimum absolute atomic E-state index is 0.0947. The first kappa shape index (κ1) is 19.4. The molecule has 0 fully saturated rings. The summed E-state index contributed by atoms with van der Waals surface area (Å²) in [4.78, 5) is 15.9. The molecule has 28 heavy (non-hydrogen) atoms. The largest absolute Gasteiger partial charge is 0.380 e. The lowest BCUT2D eigenvalue weighted by Crippen LogP contribution is -2.15. The molecule has 0 aliphatic rings. The van der Waals surface area contributed by atoms with Gasteiger partial charge in [0.1, 0.15) is 17.5 Å². The molecule has 0 bridgehead atoms. The fourth-order valence-electron chi connectivity index (χ4n) is 2.59. The molecule has 0 aliphatic carbocycles. The molecule has 1 heterocycles. The third-order valence-corrected chi connectivity index (χ3v) is 4.10. The number of carbonyl (C=O) groups is 1. The number of nitrogens with two attached hydrogens (primary N) is 1. The number of nitrogens with one attached hydrogen (secondary N) is 3. The van der Waals surface area contributed by atoms with Crippen molar-refractivity contribution in [1.29, 1.82) is 0 Å². The zero-order valence-electron chi connectivity index (χ0n) is 14.5. The van der Waals surface area contributed by atoms with Gasteiger partial charge in [-0.25, -0.2) is 13.8 Å². The van der Waals surface area contributed by atoms with Gasteiger partial charge in [-0.05, 0) is 35.9 Å². The van der Waals surface area contributed by atoms with Gasteiger partial charge in [-0.15, -0.1) is 0 Å². The van der Waals surface area contributed by atoms with Crippen LogP contribution in [0.25, 0.3) is 0 Å². The van der Waals surface area contributed by atoms with Crippen LogP contribution in [0.15, 0.2) is 54.7 Å². The Morgan fingerprint density at radius 2 is 1.79 bits per heavy atom. The van der Waals surface area contributed by atoms with Crippen molar-refractivity contribution in [2.45, 2.75) is 6.54 Å². The van der Waals surface area contributed by atoms with Crippen LogP contribution in [0.2, 0.25) is 0 Å². The smallest absolute Gasteiger partial charge is 0.252 e. The number of nitrogens with zero attached hydrogens (tertiary/aromatic N) is 1. The number of thiol groups is 1. The molecule has 1 aromatic heterocycles. The van der Waals surface area contributed by atoms with Gasteiger partial charge in [-0.1, -0.05) is 18.9 Å². The fourth-order valence-corrected chi connectivity index (χ4v) is 2.73. The first-order chi connectivity index (χ1) is 13.4. The van der Waals surface area contributed by atoms with Gasteiger partial charge < -0.3 is 21.1 Å². The van der Waals surface area contributed by atoms with Crippen molar-refractivity contribution in [2.75, 3.05) is 15.4 Å². The number of pyridine rings is 1. The number of rotatable bonds is 7. The maximum atomic E-state index is 13.4. The molecule has 5 N–H and O–H groups in total. The number of amides is 1. The van der Waals surface area contributed by atoms with Gasteiger partial charge in [-0.3, -0.25) is 4.79 Å². The Balaban J connectivity index is 1.83. The normalized spacial score (nSPS) is 10.4. The maximum absolute atomic E-state index is 13.4. The third kappa shape index (κ3) is 4.89. The van der Waals surface area contributed by atoms with Crippen LogP contribution in [-0.2, 0) is 6.54 Å². The van der Waals surface area contributed by atoms with E-state index in [0.29, 0.717) is 17.1 Å². The number of halogens is 2. The standard InChI is InChI=1S/C19H17F2N5OS/c20-12-4-11(5-13(21)6-12)9-23-17-8-18(24-10-16(17)19(22)27)25-14-2-1-3-15(7-14)26-28/h1-8,10,26,28H,9H2,(H2,22,27)(H2,23,24,25). The molecule has 1 amide bonds. The predicted molar refractivity (Wildman–Crippen MR) is 109 cm³/mol. The highest BCUT2D eigenvalue weighted by molar-refractivity contribution is 7.81. The minimum Gasteiger partial charge on any atom is -0.380 e. The van der Waals surface area contributed by atoms with Crippen LogP contribution < -0.4 is 21.1 Å². The van der Waals surface area contributed by atoms with Gasteiger partial charge in [0, 0.05) is 36.2 Å². The van der Waals surface area contributed by atoms with E-state index in [1.807, 2.05) is 24.3 Å². The van der Waals surface area contributed by atoms with Crippen LogP contribution >= 0.6 is 12.8 Å². The van der Waals surface area contributed by atoms with Gasteiger partial charge in [0.05, 0.1) is 11.3 Å². The van der Waals surface area contributed by atoms with E-state index in [1.54, 1.807) is 6.07 Å². The van der Waals surface area contributed by atoms with E-state index in [9.17, 15) is 13.6 Å². The molecule has 3 rings (SSSR count). The summed E-state index contributed by atoms with van der Waals surface area (Å²) in [5.41, 5.74) is 7.86. The molecule has 0 aliphatic heterocycles. The number of hydrogen-bond donors (Lipinski definition) is 5. The van der Waals surface area contributed by atoms with Gasteiger partial charge in [-0.2, -0.15) is 0 Å². The summed E-state index contributed by atoms with van der Waals surface area (Å²) < 4.78 is 29.4. The lowest BCUT2D eigenvalue weighted by Gasteiger charge is -2.13. The Kier molecular flexibility index (Phi) is 5.95. The monoisotopic (exact) mass is 401 g/mol. The Labute approximate surface area is 165 Å². The van der Waals surface area contributed by atoms with Crippen LogP contribution in [0, 0.1) is 11.6 Å². The number of carbonyl (C=O) groups excluding carboxylic acids is 1. The molecular weight excluding hydrogens is 384 g/mol. The quantitative estimate of drug-likeness (QED) is 0.385. The van der Waals surface area contributed by atoms with E-state index in [1.165, 1.54) is 18.3 Å². The summed E-state index contributed by atoms with van der Waals surface area (Å²) >= 11 is 4.00. The van der Waals surface area contributed by atoms with E-state index in [0.717, 1.165) is 17.4 Å². The molecule has 3 aromatic rings. The second-order valence-corrected chi connectivity index (χ2v) is 6.15. The average Bonchev–Trinajstić information content (AvgIpc) is 2.65. The Hall–Kier alpha value is -3.33. The Bertz CT molecular complexity index is 995. The fraction of sp³-hybridized carbons (Fsp3) is 0.0526. The lowest BCUT2D eigenvalue weighted by molar-refractivity contribution is 0.100. The average molecular weight is 401 g/mol. The molecule has 144 valence electrons. The molecule has 0 atom stereocenters. The second kappa shape index (κ2) is 8.57. The van der Waals surface area contributed by atoms with Crippen LogP contribution in [0.5, 0.6) is 0 Å². The van der Waals surface area contributed by atoms with E-state index in [-0.39, 0.29) is 12.1 Å². The van der Waals surface area contributed by atoms with Crippen molar-refractivity contribution < 1.29 is 13.6 Å². The van der Waals surface area contributed by atoms with Crippen LogP contribution in [-0.4, -0.2) is 10.9 Å². The van der Waals surface area contributed by atoms with Gasteiger partial charge in [0.15, 0.2) is 0 Å². The molecule has 2 aromatic carbocycles. The van der Waals surface area contributed by atoms with Crippen molar-refractivity contribution in [3.8, 4) is 0 Å². The first-order valence-corrected chi connectivity index (χ1v) is 8.65. The van der Waals surface area contributed by atoms with Crippen LogP contribution in [0.3, 0.4) is 0 Å². The number of primary amides is 1. The topological polar surface area (TPSA) is 92.1 Å². The number of benzene rings is 2. The highest BCUT2D eigenvalue weighted by Crippen LogP contribution is 2.24. The lowest BCUT2D eigenvalue weighted by atomic mass is 10.1. The van der Waals surface area contributed by atoms with Crippen molar-refractivity contribution in [1.82, 2.24) is 4.98 Å². The molecule has 0 radical (unpaired) electrons. The summed E-state index contributed by atoms with van der Waals surface area (Å²) in [6.07, 6.45) is 1.33. The molecule has 0 unspecified atom stereocenters. The number of anilines is 4. The van der Waals surface area contributed by atoms with E-state index in [4.69, 9.17) is 5.73 Å². The summed E-state index contributed by atoms with van der Waals surface area (Å²) in [5.74, 6) is -1.58. The molecule has 0 saturated carbocycles. The first-order valence-electron chi connectivity index (χ1n) is 8.20. The number of hydrogen-bond acceptors (Lipinski definition) is 6.